The molecule has 1 rings (SSSR count). The van der Waals surface area contributed by atoms with Crippen LogP contribution in [-0.2, 0) is 9.53 Å². The van der Waals surface area contributed by atoms with Crippen molar-refractivity contribution in [2.75, 3.05) is 13.2 Å². The largest absolute Gasteiger partial charge is 0.460 e. The van der Waals surface area contributed by atoms with Gasteiger partial charge in [-0.15, -0.1) is 0 Å². The minimum Gasteiger partial charge on any atom is -0.460 e. The van der Waals surface area contributed by atoms with Crippen molar-refractivity contribution in [3.05, 3.63) is 12.7 Å². The van der Waals surface area contributed by atoms with Gasteiger partial charge < -0.3 is 15.2 Å². The Hall–Kier alpha value is -0.870. The molecule has 1 saturated heterocycles. The maximum absolute atomic E-state index is 11.1. The first-order valence-electron chi connectivity index (χ1n) is 3.93. The molecule has 0 aromatic rings. The van der Waals surface area contributed by atoms with Gasteiger partial charge in [0.05, 0.1) is 6.10 Å². The molecule has 0 aliphatic carbocycles. The minimum atomic E-state index is -0.425. The quantitative estimate of drug-likeness (QED) is 0.441. The third-order valence-corrected chi connectivity index (χ3v) is 1.74. The van der Waals surface area contributed by atoms with Crippen LogP contribution in [0.3, 0.4) is 0 Å². The number of nitrogens with one attached hydrogen (secondary N) is 1. The van der Waals surface area contributed by atoms with Crippen LogP contribution in [0.5, 0.6) is 0 Å². The maximum Gasteiger partial charge on any atom is 0.323 e. The van der Waals surface area contributed by atoms with Crippen LogP contribution in [0.2, 0.25) is 0 Å². The van der Waals surface area contributed by atoms with Crippen molar-refractivity contribution in [3.63, 3.8) is 0 Å². The van der Waals surface area contributed by atoms with E-state index in [1.807, 2.05) is 0 Å². The van der Waals surface area contributed by atoms with E-state index in [4.69, 9.17) is 9.84 Å². The SMILES string of the molecule is C=CCOC(=O)C1CC(O)CN1. The average Bonchev–Trinajstić information content (AvgIpc) is 2.47. The molecule has 0 radical (unpaired) electrons. The molecule has 4 nitrogen and oxygen atoms in total. The molecule has 2 unspecified atom stereocenters. The fraction of sp³-hybridized carbons (Fsp3) is 0.625. The Morgan fingerprint density at radius 2 is 2.58 bits per heavy atom. The number of carbonyl (C=O) groups excluding carboxylic acids is 1. The van der Waals surface area contributed by atoms with Gasteiger partial charge in [-0.25, -0.2) is 0 Å². The second kappa shape index (κ2) is 4.23. The van der Waals surface area contributed by atoms with Gasteiger partial charge in [0.15, 0.2) is 0 Å². The van der Waals surface area contributed by atoms with Gasteiger partial charge in [-0.2, -0.15) is 0 Å². The first-order valence-corrected chi connectivity index (χ1v) is 3.93. The lowest BCUT2D eigenvalue weighted by atomic mass is 10.2. The van der Waals surface area contributed by atoms with Gasteiger partial charge in [0.2, 0.25) is 0 Å². The number of rotatable bonds is 3. The van der Waals surface area contributed by atoms with Crippen LogP contribution >= 0.6 is 0 Å². The Labute approximate surface area is 71.2 Å². The number of ether oxygens (including phenoxy) is 1. The number of hydrogen-bond donors (Lipinski definition) is 2. The van der Waals surface area contributed by atoms with Crippen molar-refractivity contribution in [1.82, 2.24) is 5.32 Å². The summed E-state index contributed by atoms with van der Waals surface area (Å²) in [5.41, 5.74) is 0. The van der Waals surface area contributed by atoms with Crippen LogP contribution in [0, 0.1) is 0 Å². The summed E-state index contributed by atoms with van der Waals surface area (Å²) < 4.78 is 4.79. The lowest BCUT2D eigenvalue weighted by Gasteiger charge is -2.07. The monoisotopic (exact) mass is 171 g/mol. The van der Waals surface area contributed by atoms with E-state index < -0.39 is 6.10 Å². The summed E-state index contributed by atoms with van der Waals surface area (Å²) in [6, 6.07) is -0.347. The zero-order valence-electron chi connectivity index (χ0n) is 6.82. The van der Waals surface area contributed by atoms with E-state index in [-0.39, 0.29) is 18.6 Å². The van der Waals surface area contributed by atoms with Crippen molar-refractivity contribution in [2.24, 2.45) is 0 Å². The van der Waals surface area contributed by atoms with Crippen LogP contribution in [0.4, 0.5) is 0 Å². The van der Waals surface area contributed by atoms with Crippen molar-refractivity contribution in [2.45, 2.75) is 18.6 Å². The predicted octanol–water partition coefficient (Wildman–Crippen LogP) is -0.562. The summed E-state index contributed by atoms with van der Waals surface area (Å²) in [6.07, 6.45) is 1.53. The number of esters is 1. The highest BCUT2D eigenvalue weighted by molar-refractivity contribution is 5.76. The van der Waals surface area contributed by atoms with Gasteiger partial charge in [0.25, 0.3) is 0 Å². The molecule has 0 aromatic carbocycles. The Morgan fingerprint density at radius 3 is 3.08 bits per heavy atom. The Kier molecular flexibility index (Phi) is 3.25. The summed E-state index contributed by atoms with van der Waals surface area (Å²) in [7, 11) is 0. The predicted molar refractivity (Wildman–Crippen MR) is 43.6 cm³/mol. The molecule has 2 N–H and O–H groups in total. The third-order valence-electron chi connectivity index (χ3n) is 1.74. The van der Waals surface area contributed by atoms with Crippen LogP contribution in [0.15, 0.2) is 12.7 Å². The minimum absolute atomic E-state index is 0.229. The average molecular weight is 171 g/mol. The zero-order valence-corrected chi connectivity index (χ0v) is 6.82. The number of carbonyl (C=O) groups is 1. The molecular formula is C8H13NO3. The highest BCUT2D eigenvalue weighted by atomic mass is 16.5. The van der Waals surface area contributed by atoms with E-state index in [2.05, 4.69) is 11.9 Å². The van der Waals surface area contributed by atoms with Crippen molar-refractivity contribution >= 4 is 5.97 Å². The first-order chi connectivity index (χ1) is 5.74. The van der Waals surface area contributed by atoms with Crippen LogP contribution in [0.25, 0.3) is 0 Å². The normalized spacial score (nSPS) is 28.4. The van der Waals surface area contributed by atoms with E-state index in [1.54, 1.807) is 0 Å². The molecule has 12 heavy (non-hydrogen) atoms. The fourth-order valence-corrected chi connectivity index (χ4v) is 1.14. The standard InChI is InChI=1S/C8H13NO3/c1-2-3-12-8(11)7-4-6(10)5-9-7/h2,6-7,9-10H,1,3-5H2. The molecule has 0 amide bonds. The highest BCUT2D eigenvalue weighted by Gasteiger charge is 2.28. The van der Waals surface area contributed by atoms with Gasteiger partial charge >= 0.3 is 5.97 Å². The fourth-order valence-electron chi connectivity index (χ4n) is 1.14. The first kappa shape index (κ1) is 9.22. The van der Waals surface area contributed by atoms with Gasteiger partial charge in [0.1, 0.15) is 12.6 Å². The van der Waals surface area contributed by atoms with Crippen molar-refractivity contribution in [3.8, 4) is 0 Å². The molecule has 1 aliphatic heterocycles. The number of aliphatic hydroxyl groups excluding tert-OH is 1. The molecule has 4 heteroatoms. The van der Waals surface area contributed by atoms with Crippen LogP contribution < -0.4 is 5.32 Å². The van der Waals surface area contributed by atoms with Crippen molar-refractivity contribution in [1.29, 1.82) is 0 Å². The topological polar surface area (TPSA) is 58.6 Å². The molecule has 0 saturated carbocycles. The third kappa shape index (κ3) is 2.32. The van der Waals surface area contributed by atoms with Crippen LogP contribution in [0.1, 0.15) is 6.42 Å². The van der Waals surface area contributed by atoms with Crippen molar-refractivity contribution < 1.29 is 14.6 Å². The summed E-state index contributed by atoms with van der Waals surface area (Å²) in [5.74, 6) is -0.313. The van der Waals surface area contributed by atoms with E-state index in [1.165, 1.54) is 6.08 Å². The molecule has 0 aromatic heterocycles. The maximum atomic E-state index is 11.1. The second-order valence-corrected chi connectivity index (χ2v) is 2.77. The van der Waals surface area contributed by atoms with Gasteiger partial charge in [-0.3, -0.25) is 4.79 Å². The molecular weight excluding hydrogens is 158 g/mol. The van der Waals surface area contributed by atoms with E-state index in [0.29, 0.717) is 13.0 Å². The van der Waals surface area contributed by atoms with E-state index >= 15 is 0 Å². The molecule has 68 valence electrons. The molecule has 0 spiro atoms. The van der Waals surface area contributed by atoms with Gasteiger partial charge in [0, 0.05) is 13.0 Å². The summed E-state index contributed by atoms with van der Waals surface area (Å²) in [6.45, 7) is 4.12. The lowest BCUT2D eigenvalue weighted by Crippen LogP contribution is -2.32. The number of hydrogen-bond acceptors (Lipinski definition) is 4. The molecule has 1 fully saturated rings. The lowest BCUT2D eigenvalue weighted by molar-refractivity contribution is -0.144. The molecule has 2 atom stereocenters. The summed E-state index contributed by atoms with van der Waals surface area (Å²) in [4.78, 5) is 11.1. The smallest absolute Gasteiger partial charge is 0.323 e. The second-order valence-electron chi connectivity index (χ2n) is 2.77. The molecule has 1 aliphatic rings. The van der Waals surface area contributed by atoms with Gasteiger partial charge in [-0.1, -0.05) is 12.7 Å². The Balaban J connectivity index is 2.28. The van der Waals surface area contributed by atoms with E-state index in [9.17, 15) is 4.79 Å². The number of aliphatic hydroxyl groups is 1. The van der Waals surface area contributed by atoms with Crippen LogP contribution in [-0.4, -0.2) is 36.4 Å². The molecule has 1 heterocycles. The zero-order chi connectivity index (χ0) is 8.97. The Bertz CT molecular complexity index is 181. The van der Waals surface area contributed by atoms with E-state index in [0.717, 1.165) is 0 Å². The highest BCUT2D eigenvalue weighted by Crippen LogP contribution is 2.07. The Morgan fingerprint density at radius 1 is 1.83 bits per heavy atom. The summed E-state index contributed by atoms with van der Waals surface area (Å²) >= 11 is 0. The number of β-amino-alcohol motifs (C(OH)–C–C–N with tert-alkyl or cyclic N) is 1. The summed E-state index contributed by atoms with van der Waals surface area (Å²) in [5, 5.41) is 11.9. The van der Waals surface area contributed by atoms with Gasteiger partial charge in [-0.05, 0) is 0 Å². The molecule has 0 bridgehead atoms.